The van der Waals surface area contributed by atoms with Crippen LogP contribution in [0.1, 0.15) is 25.3 Å². The molecule has 0 heterocycles. The Kier molecular flexibility index (Phi) is 6.27. The monoisotopic (exact) mass is 241 g/mol. The Labute approximate surface area is 103 Å². The molecule has 90 valence electrons. The van der Waals surface area contributed by atoms with E-state index in [4.69, 9.17) is 11.6 Å². The maximum atomic E-state index is 9.31. The van der Waals surface area contributed by atoms with E-state index in [0.29, 0.717) is 11.7 Å². The summed E-state index contributed by atoms with van der Waals surface area (Å²) >= 11 is 5.73. The van der Waals surface area contributed by atoms with Crippen molar-refractivity contribution in [1.82, 2.24) is 5.32 Å². The standard InChI is InChI=1S/C13H20ClNO/c1-2-11(6-7-14)9-15-10-12-4-3-5-13(16)8-12/h3-5,8,11,15-16H,2,6-7,9-10H2,1H3. The van der Waals surface area contributed by atoms with Crippen molar-refractivity contribution in [1.29, 1.82) is 0 Å². The number of halogens is 1. The molecule has 2 N–H and O–H groups in total. The zero-order valence-corrected chi connectivity index (χ0v) is 10.5. The molecular formula is C13H20ClNO. The van der Waals surface area contributed by atoms with Gasteiger partial charge in [0.15, 0.2) is 0 Å². The van der Waals surface area contributed by atoms with Crippen molar-refractivity contribution in [2.75, 3.05) is 12.4 Å². The Hall–Kier alpha value is -0.730. The van der Waals surface area contributed by atoms with Gasteiger partial charge in [-0.1, -0.05) is 25.5 Å². The van der Waals surface area contributed by atoms with Gasteiger partial charge in [-0.3, -0.25) is 0 Å². The Morgan fingerprint density at radius 3 is 2.88 bits per heavy atom. The molecule has 0 aromatic heterocycles. The van der Waals surface area contributed by atoms with E-state index in [1.54, 1.807) is 12.1 Å². The highest BCUT2D eigenvalue weighted by molar-refractivity contribution is 6.17. The minimum atomic E-state index is 0.326. The summed E-state index contributed by atoms with van der Waals surface area (Å²) in [5.74, 6) is 1.70. The second kappa shape index (κ2) is 7.53. The minimum Gasteiger partial charge on any atom is -0.508 e. The summed E-state index contributed by atoms with van der Waals surface area (Å²) in [6, 6.07) is 7.35. The van der Waals surface area contributed by atoms with Crippen molar-refractivity contribution in [2.45, 2.75) is 26.3 Å². The SMILES string of the molecule is CCC(CCCl)CNCc1cccc(O)c1. The molecule has 0 amide bonds. The average molecular weight is 242 g/mol. The van der Waals surface area contributed by atoms with Gasteiger partial charge in [-0.25, -0.2) is 0 Å². The van der Waals surface area contributed by atoms with Crippen molar-refractivity contribution in [3.63, 3.8) is 0 Å². The Morgan fingerprint density at radius 1 is 1.44 bits per heavy atom. The van der Waals surface area contributed by atoms with Gasteiger partial charge in [-0.15, -0.1) is 11.6 Å². The fourth-order valence-corrected chi connectivity index (χ4v) is 2.00. The number of aromatic hydroxyl groups is 1. The summed E-state index contributed by atoms with van der Waals surface area (Å²) in [6.07, 6.45) is 2.21. The molecule has 2 nitrogen and oxygen atoms in total. The Balaban J connectivity index is 2.29. The second-order valence-electron chi connectivity index (χ2n) is 4.05. The van der Waals surface area contributed by atoms with Crippen LogP contribution in [0.4, 0.5) is 0 Å². The normalized spacial score (nSPS) is 12.6. The van der Waals surface area contributed by atoms with E-state index in [-0.39, 0.29) is 0 Å². The molecule has 3 heteroatoms. The lowest BCUT2D eigenvalue weighted by Gasteiger charge is -2.14. The van der Waals surface area contributed by atoms with Crippen LogP contribution in [0.3, 0.4) is 0 Å². The number of benzene rings is 1. The number of hydrogen-bond donors (Lipinski definition) is 2. The molecule has 0 fully saturated rings. The third-order valence-electron chi connectivity index (χ3n) is 2.77. The number of alkyl halides is 1. The molecule has 0 radical (unpaired) electrons. The number of phenols is 1. The molecule has 0 bridgehead atoms. The van der Waals surface area contributed by atoms with Crippen LogP contribution in [0, 0.1) is 5.92 Å². The summed E-state index contributed by atoms with van der Waals surface area (Å²) in [5.41, 5.74) is 1.11. The van der Waals surface area contributed by atoms with E-state index >= 15 is 0 Å². The van der Waals surface area contributed by atoms with E-state index < -0.39 is 0 Å². The van der Waals surface area contributed by atoms with Gasteiger partial charge in [-0.05, 0) is 36.6 Å². The summed E-state index contributed by atoms with van der Waals surface area (Å²) in [4.78, 5) is 0. The van der Waals surface area contributed by atoms with Crippen LogP contribution >= 0.6 is 11.6 Å². The van der Waals surface area contributed by atoms with E-state index in [1.807, 2.05) is 12.1 Å². The van der Waals surface area contributed by atoms with Crippen LogP contribution < -0.4 is 5.32 Å². The van der Waals surface area contributed by atoms with Gasteiger partial charge < -0.3 is 10.4 Å². The number of nitrogens with one attached hydrogen (secondary N) is 1. The van der Waals surface area contributed by atoms with Crippen molar-refractivity contribution >= 4 is 11.6 Å². The predicted octanol–water partition coefficient (Wildman–Crippen LogP) is 3.14. The maximum absolute atomic E-state index is 9.31. The quantitative estimate of drug-likeness (QED) is 0.719. The molecule has 16 heavy (non-hydrogen) atoms. The molecule has 1 unspecified atom stereocenters. The first-order valence-corrected chi connectivity index (χ1v) is 6.34. The first-order chi connectivity index (χ1) is 7.76. The lowest BCUT2D eigenvalue weighted by Crippen LogP contribution is -2.22. The van der Waals surface area contributed by atoms with Crippen LogP contribution in [0.2, 0.25) is 0 Å². The van der Waals surface area contributed by atoms with E-state index in [1.165, 1.54) is 0 Å². The second-order valence-corrected chi connectivity index (χ2v) is 4.43. The summed E-state index contributed by atoms with van der Waals surface area (Å²) < 4.78 is 0. The van der Waals surface area contributed by atoms with E-state index in [2.05, 4.69) is 12.2 Å². The van der Waals surface area contributed by atoms with Crippen molar-refractivity contribution in [3.05, 3.63) is 29.8 Å². The largest absolute Gasteiger partial charge is 0.508 e. The first-order valence-electron chi connectivity index (χ1n) is 5.80. The molecule has 1 rings (SSSR count). The average Bonchev–Trinajstić information content (AvgIpc) is 2.28. The minimum absolute atomic E-state index is 0.326. The molecular weight excluding hydrogens is 222 g/mol. The highest BCUT2D eigenvalue weighted by atomic mass is 35.5. The lowest BCUT2D eigenvalue weighted by atomic mass is 10.0. The van der Waals surface area contributed by atoms with Crippen molar-refractivity contribution < 1.29 is 5.11 Å². The third-order valence-corrected chi connectivity index (χ3v) is 2.99. The fourth-order valence-electron chi connectivity index (χ4n) is 1.69. The topological polar surface area (TPSA) is 32.3 Å². The number of phenolic OH excluding ortho intramolecular Hbond substituents is 1. The van der Waals surface area contributed by atoms with Crippen LogP contribution in [0.25, 0.3) is 0 Å². The maximum Gasteiger partial charge on any atom is 0.115 e. The molecule has 0 aliphatic rings. The van der Waals surface area contributed by atoms with Crippen LogP contribution in [-0.2, 0) is 6.54 Å². The summed E-state index contributed by atoms with van der Waals surface area (Å²) in [6.45, 7) is 3.97. The van der Waals surface area contributed by atoms with Gasteiger partial charge >= 0.3 is 0 Å². The molecule has 0 saturated heterocycles. The van der Waals surface area contributed by atoms with Crippen LogP contribution in [0.5, 0.6) is 5.75 Å². The molecule has 0 saturated carbocycles. The van der Waals surface area contributed by atoms with Gasteiger partial charge in [0.2, 0.25) is 0 Å². The number of hydrogen-bond acceptors (Lipinski definition) is 2. The van der Waals surface area contributed by atoms with Gasteiger partial charge in [0.05, 0.1) is 0 Å². The first kappa shape index (κ1) is 13.3. The zero-order chi connectivity index (χ0) is 11.8. The summed E-state index contributed by atoms with van der Waals surface area (Å²) in [5, 5.41) is 12.7. The van der Waals surface area contributed by atoms with Gasteiger partial charge in [-0.2, -0.15) is 0 Å². The molecule has 1 aromatic carbocycles. The van der Waals surface area contributed by atoms with E-state index in [9.17, 15) is 5.11 Å². The number of rotatable bonds is 7. The molecule has 1 aromatic rings. The lowest BCUT2D eigenvalue weighted by molar-refractivity contribution is 0.449. The highest BCUT2D eigenvalue weighted by Crippen LogP contribution is 2.11. The smallest absolute Gasteiger partial charge is 0.115 e. The molecule has 0 aliphatic heterocycles. The Morgan fingerprint density at radius 2 is 2.25 bits per heavy atom. The third kappa shape index (κ3) is 4.86. The Bertz CT molecular complexity index is 304. The van der Waals surface area contributed by atoms with E-state index in [0.717, 1.165) is 37.4 Å². The van der Waals surface area contributed by atoms with Crippen molar-refractivity contribution in [3.8, 4) is 5.75 Å². The zero-order valence-electron chi connectivity index (χ0n) is 9.75. The highest BCUT2D eigenvalue weighted by Gasteiger charge is 2.04. The van der Waals surface area contributed by atoms with Gasteiger partial charge in [0.25, 0.3) is 0 Å². The van der Waals surface area contributed by atoms with Crippen LogP contribution in [-0.4, -0.2) is 17.5 Å². The van der Waals surface area contributed by atoms with Gasteiger partial charge in [0, 0.05) is 12.4 Å². The molecule has 1 atom stereocenters. The van der Waals surface area contributed by atoms with Crippen LogP contribution in [0.15, 0.2) is 24.3 Å². The molecule has 0 spiro atoms. The predicted molar refractivity (Wildman–Crippen MR) is 68.9 cm³/mol. The fraction of sp³-hybridized carbons (Fsp3) is 0.538. The van der Waals surface area contributed by atoms with Crippen molar-refractivity contribution in [2.24, 2.45) is 5.92 Å². The summed E-state index contributed by atoms with van der Waals surface area (Å²) in [7, 11) is 0. The van der Waals surface area contributed by atoms with Gasteiger partial charge in [0.1, 0.15) is 5.75 Å². The molecule has 0 aliphatic carbocycles.